The number of unbranched alkanes of at least 4 members (excludes halogenated alkanes) is 1. The zero-order chi connectivity index (χ0) is 19.9. The molecule has 0 nitrogen and oxygen atoms in total. The van der Waals surface area contributed by atoms with Crippen LogP contribution in [0.2, 0.25) is 0 Å². The molecule has 0 radical (unpaired) electrons. The van der Waals surface area contributed by atoms with Gasteiger partial charge in [0.1, 0.15) is 0 Å². The van der Waals surface area contributed by atoms with Crippen molar-refractivity contribution >= 4 is 28.8 Å². The highest BCUT2D eigenvalue weighted by Gasteiger charge is 2.41. The molecule has 0 amide bonds. The summed E-state index contributed by atoms with van der Waals surface area (Å²) in [5.41, 5.74) is 1.44. The Labute approximate surface area is 175 Å². The van der Waals surface area contributed by atoms with E-state index in [0.29, 0.717) is 0 Å². The molecular weight excluding hydrogens is 364 g/mol. The molecule has 0 fully saturated rings. The zero-order valence-corrected chi connectivity index (χ0v) is 18.1. The fourth-order valence-electron chi connectivity index (χ4n) is 4.37. The van der Waals surface area contributed by atoms with Gasteiger partial charge in [0.15, 0.2) is 8.07 Å². The summed E-state index contributed by atoms with van der Waals surface area (Å²) >= 11 is 0. The summed E-state index contributed by atoms with van der Waals surface area (Å²) in [4.78, 5) is 0. The molecule has 0 saturated carbocycles. The highest BCUT2D eigenvalue weighted by Crippen LogP contribution is 2.11. The second-order valence-electron chi connectivity index (χ2n) is 7.65. The summed E-state index contributed by atoms with van der Waals surface area (Å²) in [6.07, 6.45) is 3.64. The Kier molecular flexibility index (Phi) is 6.07. The zero-order valence-electron chi connectivity index (χ0n) is 17.1. The largest absolute Gasteiger partial charge is 0.179 e. The maximum Gasteiger partial charge on any atom is 0.179 e. The van der Waals surface area contributed by atoms with Gasteiger partial charge in [0.05, 0.1) is 0 Å². The summed E-state index contributed by atoms with van der Waals surface area (Å²) in [5, 5.41) is 5.73. The van der Waals surface area contributed by atoms with Crippen molar-refractivity contribution in [2.45, 2.75) is 26.2 Å². The summed E-state index contributed by atoms with van der Waals surface area (Å²) in [6.45, 7) is 2.26. The predicted octanol–water partition coefficient (Wildman–Crippen LogP) is 4.41. The van der Waals surface area contributed by atoms with Crippen molar-refractivity contribution in [3.8, 4) is 0 Å². The standard InChI is InChI=1S/C28H28Si/c1-2-3-13-24-20-22-28(23-21-24)29(25-14-7-4-8-15-25,26-16-9-5-10-17-26)27-18-11-6-12-19-27/h4-12,14-23H,2-3,13H2,1H3. The van der Waals surface area contributed by atoms with Gasteiger partial charge in [0, 0.05) is 0 Å². The number of hydrogen-bond acceptors (Lipinski definition) is 0. The normalized spacial score (nSPS) is 11.3. The van der Waals surface area contributed by atoms with Gasteiger partial charge in [0.2, 0.25) is 0 Å². The van der Waals surface area contributed by atoms with E-state index in [-0.39, 0.29) is 0 Å². The van der Waals surface area contributed by atoms with Crippen LogP contribution in [0.3, 0.4) is 0 Å². The Bertz CT molecular complexity index is 909. The fraction of sp³-hybridized carbons (Fsp3) is 0.143. The van der Waals surface area contributed by atoms with Gasteiger partial charge in [-0.05, 0) is 39.2 Å². The highest BCUT2D eigenvalue weighted by atomic mass is 28.3. The van der Waals surface area contributed by atoms with Gasteiger partial charge in [-0.2, -0.15) is 0 Å². The first-order valence-corrected chi connectivity index (χ1v) is 12.6. The van der Waals surface area contributed by atoms with E-state index in [0.717, 1.165) is 6.42 Å². The van der Waals surface area contributed by atoms with Crippen molar-refractivity contribution in [3.05, 3.63) is 121 Å². The van der Waals surface area contributed by atoms with Crippen molar-refractivity contribution in [1.82, 2.24) is 0 Å². The molecule has 0 heterocycles. The van der Waals surface area contributed by atoms with Crippen LogP contribution in [-0.2, 0) is 6.42 Å². The molecule has 4 rings (SSSR count). The third-order valence-corrected chi connectivity index (χ3v) is 10.6. The average molecular weight is 393 g/mol. The van der Waals surface area contributed by atoms with E-state index in [4.69, 9.17) is 0 Å². The van der Waals surface area contributed by atoms with Crippen molar-refractivity contribution in [1.29, 1.82) is 0 Å². The second-order valence-corrected chi connectivity index (χ2v) is 11.5. The van der Waals surface area contributed by atoms with E-state index in [1.807, 2.05) is 0 Å². The molecule has 0 saturated heterocycles. The van der Waals surface area contributed by atoms with Gasteiger partial charge in [-0.15, -0.1) is 0 Å². The summed E-state index contributed by atoms with van der Waals surface area (Å²) < 4.78 is 0. The molecule has 0 N–H and O–H groups in total. The molecule has 0 atom stereocenters. The Morgan fingerprint density at radius 2 is 0.862 bits per heavy atom. The van der Waals surface area contributed by atoms with Crippen LogP contribution in [-0.4, -0.2) is 8.07 Å². The lowest BCUT2D eigenvalue weighted by Gasteiger charge is -2.34. The van der Waals surface area contributed by atoms with Crippen molar-refractivity contribution in [3.63, 3.8) is 0 Å². The minimum atomic E-state index is -2.35. The van der Waals surface area contributed by atoms with Gasteiger partial charge in [-0.1, -0.05) is 129 Å². The van der Waals surface area contributed by atoms with E-state index < -0.39 is 8.07 Å². The summed E-state index contributed by atoms with van der Waals surface area (Å²) in [7, 11) is -2.35. The number of hydrogen-bond donors (Lipinski definition) is 0. The Morgan fingerprint density at radius 3 is 1.24 bits per heavy atom. The van der Waals surface area contributed by atoms with Crippen LogP contribution in [0, 0.1) is 0 Å². The van der Waals surface area contributed by atoms with Crippen LogP contribution in [0.25, 0.3) is 0 Å². The molecule has 0 aromatic heterocycles. The quantitative estimate of drug-likeness (QED) is 0.323. The van der Waals surface area contributed by atoms with Crippen LogP contribution >= 0.6 is 0 Å². The first-order chi connectivity index (χ1) is 14.4. The van der Waals surface area contributed by atoms with Crippen molar-refractivity contribution < 1.29 is 0 Å². The molecule has 0 aliphatic carbocycles. The van der Waals surface area contributed by atoms with Crippen molar-refractivity contribution in [2.24, 2.45) is 0 Å². The van der Waals surface area contributed by atoms with Crippen LogP contribution in [0.15, 0.2) is 115 Å². The Balaban J connectivity index is 1.98. The van der Waals surface area contributed by atoms with E-state index in [1.165, 1.54) is 39.2 Å². The molecule has 1 heteroatoms. The highest BCUT2D eigenvalue weighted by molar-refractivity contribution is 7.19. The molecule has 4 aromatic rings. The number of rotatable bonds is 7. The molecule has 144 valence electrons. The van der Waals surface area contributed by atoms with Crippen LogP contribution in [0.1, 0.15) is 25.3 Å². The Hall–Kier alpha value is -2.90. The maximum atomic E-state index is 2.39. The first-order valence-electron chi connectivity index (χ1n) is 10.6. The molecule has 0 aliphatic rings. The van der Waals surface area contributed by atoms with E-state index in [2.05, 4.69) is 122 Å². The van der Waals surface area contributed by atoms with Gasteiger partial charge in [-0.25, -0.2) is 0 Å². The van der Waals surface area contributed by atoms with E-state index in [9.17, 15) is 0 Å². The minimum absolute atomic E-state index is 1.16. The topological polar surface area (TPSA) is 0 Å². The molecule has 0 bridgehead atoms. The van der Waals surface area contributed by atoms with Crippen LogP contribution < -0.4 is 20.7 Å². The summed E-state index contributed by atoms with van der Waals surface area (Å²) in [6, 6.07) is 42.8. The fourth-order valence-corrected chi connectivity index (χ4v) is 9.11. The van der Waals surface area contributed by atoms with Gasteiger partial charge in [-0.3, -0.25) is 0 Å². The second kappa shape index (κ2) is 9.06. The van der Waals surface area contributed by atoms with Gasteiger partial charge in [0.25, 0.3) is 0 Å². The van der Waals surface area contributed by atoms with Crippen LogP contribution in [0.5, 0.6) is 0 Å². The molecule has 0 spiro atoms. The SMILES string of the molecule is CCCCc1ccc([Si](c2ccccc2)(c2ccccc2)c2ccccc2)cc1. The third-order valence-electron chi connectivity index (χ3n) is 5.83. The molecule has 29 heavy (non-hydrogen) atoms. The third kappa shape index (κ3) is 3.83. The summed E-state index contributed by atoms with van der Waals surface area (Å²) in [5.74, 6) is 0. The molecular formula is C28H28Si. The van der Waals surface area contributed by atoms with Gasteiger partial charge >= 0.3 is 0 Å². The number of benzene rings is 4. The lowest BCUT2D eigenvalue weighted by Crippen LogP contribution is -2.74. The maximum absolute atomic E-state index is 2.39. The van der Waals surface area contributed by atoms with Crippen molar-refractivity contribution in [2.75, 3.05) is 0 Å². The van der Waals surface area contributed by atoms with Gasteiger partial charge < -0.3 is 0 Å². The monoisotopic (exact) mass is 392 g/mol. The smallest absolute Gasteiger partial charge is 0.0654 e. The van der Waals surface area contributed by atoms with E-state index in [1.54, 1.807) is 0 Å². The first kappa shape index (κ1) is 19.4. The average Bonchev–Trinajstić information content (AvgIpc) is 2.81. The minimum Gasteiger partial charge on any atom is -0.0654 e. The van der Waals surface area contributed by atoms with Crippen LogP contribution in [0.4, 0.5) is 0 Å². The number of aryl methyl sites for hydroxylation is 1. The molecule has 0 unspecified atom stereocenters. The lowest BCUT2D eigenvalue weighted by molar-refractivity contribution is 0.795. The molecule has 0 aliphatic heterocycles. The van der Waals surface area contributed by atoms with E-state index >= 15 is 0 Å². The lowest BCUT2D eigenvalue weighted by atomic mass is 10.1. The predicted molar refractivity (Wildman–Crippen MR) is 129 cm³/mol. The Morgan fingerprint density at radius 1 is 0.483 bits per heavy atom. The molecule has 4 aromatic carbocycles.